The molecule has 1 aromatic rings. The minimum absolute atomic E-state index is 0.0168. The molecule has 0 bridgehead atoms. The lowest BCUT2D eigenvalue weighted by atomic mass is 10.2. The highest BCUT2D eigenvalue weighted by Gasteiger charge is 2.13. The zero-order valence-electron chi connectivity index (χ0n) is 11.2. The predicted octanol–water partition coefficient (Wildman–Crippen LogP) is 1.78. The molecule has 0 radical (unpaired) electrons. The van der Waals surface area contributed by atoms with E-state index in [0.717, 1.165) is 12.0 Å². The number of nitrogens with one attached hydrogen (secondary N) is 2. The Bertz CT molecular complexity index is 376. The van der Waals surface area contributed by atoms with Crippen LogP contribution in [0.3, 0.4) is 0 Å². The number of phenolic OH excluding ortho intramolecular Hbond substituents is 1. The zero-order valence-corrected chi connectivity index (χ0v) is 11.2. The molecule has 0 fully saturated rings. The van der Waals surface area contributed by atoms with Crippen LogP contribution >= 0.6 is 0 Å². The molecule has 3 N–H and O–H groups in total. The number of hydrogen-bond donors (Lipinski definition) is 3. The SMILES string of the molecule is CCC(C)NC(=O)C(C)NCc1ccc(O)cc1. The van der Waals surface area contributed by atoms with Gasteiger partial charge in [0.05, 0.1) is 6.04 Å². The summed E-state index contributed by atoms with van der Waals surface area (Å²) in [5, 5.41) is 15.3. The van der Waals surface area contributed by atoms with Crippen molar-refractivity contribution in [1.29, 1.82) is 0 Å². The standard InChI is InChI=1S/C14H22N2O2/c1-4-10(2)16-14(18)11(3)15-9-12-5-7-13(17)8-6-12/h5-8,10-11,15,17H,4,9H2,1-3H3,(H,16,18). The van der Waals surface area contributed by atoms with Crippen LogP contribution in [0.2, 0.25) is 0 Å². The highest BCUT2D eigenvalue weighted by atomic mass is 16.3. The Morgan fingerprint density at radius 3 is 2.44 bits per heavy atom. The van der Waals surface area contributed by atoms with Gasteiger partial charge in [-0.25, -0.2) is 0 Å². The molecule has 2 atom stereocenters. The fourth-order valence-corrected chi connectivity index (χ4v) is 1.45. The van der Waals surface area contributed by atoms with Crippen LogP contribution in [0.1, 0.15) is 32.8 Å². The van der Waals surface area contributed by atoms with Crippen molar-refractivity contribution in [2.75, 3.05) is 0 Å². The van der Waals surface area contributed by atoms with Crippen LogP contribution in [0.15, 0.2) is 24.3 Å². The molecule has 0 aliphatic heterocycles. The summed E-state index contributed by atoms with van der Waals surface area (Å²) in [5.41, 5.74) is 1.04. The second kappa shape index (κ2) is 7.01. The van der Waals surface area contributed by atoms with Gasteiger partial charge in [0.25, 0.3) is 0 Å². The van der Waals surface area contributed by atoms with Gasteiger partial charge in [-0.2, -0.15) is 0 Å². The van der Waals surface area contributed by atoms with Crippen molar-refractivity contribution < 1.29 is 9.90 Å². The number of rotatable bonds is 6. The van der Waals surface area contributed by atoms with Crippen molar-refractivity contribution in [2.24, 2.45) is 0 Å². The third-order valence-corrected chi connectivity index (χ3v) is 2.94. The van der Waals surface area contributed by atoms with Crippen LogP contribution < -0.4 is 10.6 Å². The van der Waals surface area contributed by atoms with Crippen LogP contribution in [-0.2, 0) is 11.3 Å². The van der Waals surface area contributed by atoms with E-state index < -0.39 is 0 Å². The summed E-state index contributed by atoms with van der Waals surface area (Å²) in [6, 6.07) is 6.92. The average molecular weight is 250 g/mol. The van der Waals surface area contributed by atoms with Crippen LogP contribution in [0.25, 0.3) is 0 Å². The monoisotopic (exact) mass is 250 g/mol. The van der Waals surface area contributed by atoms with E-state index in [1.54, 1.807) is 12.1 Å². The summed E-state index contributed by atoms with van der Waals surface area (Å²) in [4.78, 5) is 11.8. The molecule has 18 heavy (non-hydrogen) atoms. The number of hydrogen-bond acceptors (Lipinski definition) is 3. The highest BCUT2D eigenvalue weighted by molar-refractivity contribution is 5.81. The fraction of sp³-hybridized carbons (Fsp3) is 0.500. The molecule has 0 aliphatic rings. The van der Waals surface area contributed by atoms with E-state index in [-0.39, 0.29) is 23.7 Å². The molecule has 0 aliphatic carbocycles. The lowest BCUT2D eigenvalue weighted by molar-refractivity contribution is -0.123. The summed E-state index contributed by atoms with van der Waals surface area (Å²) < 4.78 is 0. The number of aromatic hydroxyl groups is 1. The molecular weight excluding hydrogens is 228 g/mol. The smallest absolute Gasteiger partial charge is 0.237 e. The minimum Gasteiger partial charge on any atom is -0.508 e. The lowest BCUT2D eigenvalue weighted by Gasteiger charge is -2.17. The summed E-state index contributed by atoms with van der Waals surface area (Å²) >= 11 is 0. The van der Waals surface area contributed by atoms with Crippen molar-refractivity contribution in [2.45, 2.75) is 45.8 Å². The molecule has 0 aromatic heterocycles. The Hall–Kier alpha value is -1.55. The van der Waals surface area contributed by atoms with E-state index in [2.05, 4.69) is 10.6 Å². The predicted molar refractivity (Wildman–Crippen MR) is 72.3 cm³/mol. The molecule has 4 nitrogen and oxygen atoms in total. The average Bonchev–Trinajstić information content (AvgIpc) is 2.37. The second-order valence-electron chi connectivity index (χ2n) is 4.59. The summed E-state index contributed by atoms with van der Waals surface area (Å²) in [7, 11) is 0. The maximum absolute atomic E-state index is 11.8. The quantitative estimate of drug-likeness (QED) is 0.721. The Labute approximate surface area is 108 Å². The third-order valence-electron chi connectivity index (χ3n) is 2.94. The summed E-state index contributed by atoms with van der Waals surface area (Å²) in [5.74, 6) is 0.268. The van der Waals surface area contributed by atoms with Crippen molar-refractivity contribution in [3.05, 3.63) is 29.8 Å². The lowest BCUT2D eigenvalue weighted by Crippen LogP contribution is -2.45. The first-order valence-corrected chi connectivity index (χ1v) is 6.34. The Morgan fingerprint density at radius 2 is 1.89 bits per heavy atom. The van der Waals surface area contributed by atoms with Gasteiger partial charge in [-0.15, -0.1) is 0 Å². The maximum atomic E-state index is 11.8. The number of amides is 1. The van der Waals surface area contributed by atoms with Crippen LogP contribution in [0, 0.1) is 0 Å². The second-order valence-corrected chi connectivity index (χ2v) is 4.59. The molecular formula is C14H22N2O2. The maximum Gasteiger partial charge on any atom is 0.237 e. The number of phenols is 1. The van der Waals surface area contributed by atoms with Crippen molar-refractivity contribution >= 4 is 5.91 Å². The highest BCUT2D eigenvalue weighted by Crippen LogP contribution is 2.09. The van der Waals surface area contributed by atoms with E-state index in [9.17, 15) is 4.79 Å². The molecule has 100 valence electrons. The van der Waals surface area contributed by atoms with Gasteiger partial charge >= 0.3 is 0 Å². The summed E-state index contributed by atoms with van der Waals surface area (Å²) in [6.07, 6.45) is 0.927. The third kappa shape index (κ3) is 4.75. The van der Waals surface area contributed by atoms with E-state index in [1.807, 2.05) is 32.9 Å². The van der Waals surface area contributed by atoms with Gasteiger partial charge in [-0.1, -0.05) is 19.1 Å². The first kappa shape index (κ1) is 14.5. The van der Waals surface area contributed by atoms with Crippen molar-refractivity contribution in [3.63, 3.8) is 0 Å². The van der Waals surface area contributed by atoms with Crippen LogP contribution in [-0.4, -0.2) is 23.1 Å². The number of benzene rings is 1. The molecule has 1 aromatic carbocycles. The number of carbonyl (C=O) groups is 1. The van der Waals surface area contributed by atoms with Crippen LogP contribution in [0.4, 0.5) is 0 Å². The van der Waals surface area contributed by atoms with E-state index in [4.69, 9.17) is 5.11 Å². The van der Waals surface area contributed by atoms with Gasteiger partial charge in [0.15, 0.2) is 0 Å². The molecule has 4 heteroatoms. The largest absolute Gasteiger partial charge is 0.508 e. The first-order valence-electron chi connectivity index (χ1n) is 6.34. The zero-order chi connectivity index (χ0) is 13.5. The molecule has 1 rings (SSSR count). The normalized spacial score (nSPS) is 13.9. The van der Waals surface area contributed by atoms with E-state index >= 15 is 0 Å². The van der Waals surface area contributed by atoms with Gasteiger partial charge in [0.2, 0.25) is 5.91 Å². The van der Waals surface area contributed by atoms with Crippen molar-refractivity contribution in [3.8, 4) is 5.75 Å². The molecule has 0 saturated heterocycles. The fourth-order valence-electron chi connectivity index (χ4n) is 1.45. The van der Waals surface area contributed by atoms with Crippen molar-refractivity contribution in [1.82, 2.24) is 10.6 Å². The molecule has 0 heterocycles. The molecule has 2 unspecified atom stereocenters. The first-order chi connectivity index (χ1) is 8.52. The van der Waals surface area contributed by atoms with Gasteiger partial charge in [-0.05, 0) is 38.0 Å². The van der Waals surface area contributed by atoms with Gasteiger partial charge in [0.1, 0.15) is 5.75 Å². The van der Waals surface area contributed by atoms with E-state index in [1.165, 1.54) is 0 Å². The minimum atomic E-state index is -0.229. The topological polar surface area (TPSA) is 61.4 Å². The van der Waals surface area contributed by atoms with E-state index in [0.29, 0.717) is 6.54 Å². The van der Waals surface area contributed by atoms with Gasteiger partial charge in [0, 0.05) is 12.6 Å². The van der Waals surface area contributed by atoms with Crippen LogP contribution in [0.5, 0.6) is 5.75 Å². The number of carbonyl (C=O) groups excluding carboxylic acids is 1. The Kier molecular flexibility index (Phi) is 5.65. The van der Waals surface area contributed by atoms with Gasteiger partial charge < -0.3 is 15.7 Å². The molecule has 0 spiro atoms. The summed E-state index contributed by atoms with van der Waals surface area (Å²) in [6.45, 7) is 6.48. The molecule has 0 saturated carbocycles. The van der Waals surface area contributed by atoms with Gasteiger partial charge in [-0.3, -0.25) is 4.79 Å². The Morgan fingerprint density at radius 1 is 1.28 bits per heavy atom. The Balaban J connectivity index is 2.38. The molecule has 1 amide bonds.